The number of ether oxygens (including phenoxy) is 4. The third-order valence-corrected chi connectivity index (χ3v) is 15.0. The summed E-state index contributed by atoms with van der Waals surface area (Å²) in [5, 5.41) is 6.39. The van der Waals surface area contributed by atoms with Gasteiger partial charge in [0, 0.05) is 36.0 Å². The Morgan fingerprint density at radius 2 is 1.77 bits per heavy atom. The zero-order valence-electron chi connectivity index (χ0n) is 34.1. The van der Waals surface area contributed by atoms with Crippen LogP contribution in [0.5, 0.6) is 11.6 Å². The number of hydrogen-bond acceptors (Lipinski definition) is 11. The number of amides is 4. The SMILES string of the molecule is COc1cnc(O[C@@H]2C[C@H]3C(=O)N[C@]4(C(=O)NS(=O)(=O)C5(CF)CC5)C[C@H]4/C=C\CC[C@H](C)C[C@@H](C)[C@H](NC(=O)OC4(C(F)(F)F)CCOCC4)C(=O)N3C2)c2ccccc12. The number of carbonyl (C=O) groups excluding carboxylic acids is 4. The van der Waals surface area contributed by atoms with Gasteiger partial charge in [0.15, 0.2) is 0 Å². The van der Waals surface area contributed by atoms with Crippen LogP contribution >= 0.6 is 0 Å². The van der Waals surface area contributed by atoms with Gasteiger partial charge in [0.05, 0.1) is 33.1 Å². The molecule has 2 saturated heterocycles. The molecule has 61 heavy (non-hydrogen) atoms. The molecule has 5 aliphatic rings. The van der Waals surface area contributed by atoms with Crippen molar-refractivity contribution in [2.75, 3.05) is 33.5 Å². The fourth-order valence-corrected chi connectivity index (χ4v) is 10.2. The third kappa shape index (κ3) is 8.70. The second-order valence-corrected chi connectivity index (χ2v) is 19.2. The van der Waals surface area contributed by atoms with Crippen molar-refractivity contribution in [1.82, 2.24) is 25.2 Å². The first-order chi connectivity index (χ1) is 28.9. The van der Waals surface area contributed by atoms with Crippen LogP contribution in [0.1, 0.15) is 71.6 Å². The summed E-state index contributed by atoms with van der Waals surface area (Å²) in [7, 11) is -2.99. The van der Waals surface area contributed by atoms with E-state index in [0.717, 1.165) is 4.90 Å². The maximum Gasteiger partial charge on any atom is 0.428 e. The van der Waals surface area contributed by atoms with Crippen molar-refractivity contribution in [2.24, 2.45) is 17.8 Å². The molecule has 0 bridgehead atoms. The Labute approximate surface area is 350 Å². The molecule has 2 saturated carbocycles. The van der Waals surface area contributed by atoms with Crippen LogP contribution in [0.25, 0.3) is 10.8 Å². The number of methoxy groups -OCH3 is 1. The van der Waals surface area contributed by atoms with Gasteiger partial charge in [0.1, 0.15) is 40.9 Å². The van der Waals surface area contributed by atoms with Gasteiger partial charge in [-0.2, -0.15) is 13.2 Å². The highest BCUT2D eigenvalue weighted by Gasteiger charge is 2.64. The number of alkyl carbamates (subject to hydrolysis) is 1. The largest absolute Gasteiger partial charge is 0.494 e. The summed E-state index contributed by atoms with van der Waals surface area (Å²) in [6, 6.07) is 4.23. The average Bonchev–Trinajstić information content (AvgIpc) is 4.13. The second kappa shape index (κ2) is 16.9. The molecule has 0 spiro atoms. The minimum absolute atomic E-state index is 0.0101. The molecule has 1 aromatic carbocycles. The smallest absolute Gasteiger partial charge is 0.428 e. The average molecular weight is 882 g/mol. The van der Waals surface area contributed by atoms with E-state index in [1.807, 2.05) is 17.7 Å². The standard InChI is InChI=1S/C41H51F4N5O10S/c1-24-8-4-5-9-26-20-40(26,36(53)49-61(55,56)38(23-42)12-13-38)48-33(51)30-19-27(59-34-29-11-7-6-10-28(29)31(57-3)21-46-34)22-50(30)35(52)32(25(2)18-24)47-37(54)60-39(41(43,44)45)14-16-58-17-15-39/h5-7,9-11,21,24-27,30,32H,4,8,12-20,22-23H2,1-3H3,(H,47,54)(H,48,51)(H,49,53)/b9-5-/t24-,25+,26+,27+,30-,32-,40+/m0/s1. The predicted octanol–water partition coefficient (Wildman–Crippen LogP) is 4.63. The van der Waals surface area contributed by atoms with Gasteiger partial charge in [-0.1, -0.05) is 44.2 Å². The lowest BCUT2D eigenvalue weighted by Gasteiger charge is -2.38. The van der Waals surface area contributed by atoms with E-state index < -0.39 is 105 Å². The minimum atomic E-state index is -4.94. The quantitative estimate of drug-likeness (QED) is 0.235. The number of carbonyl (C=O) groups is 4. The number of halogens is 4. The van der Waals surface area contributed by atoms with E-state index in [9.17, 15) is 45.2 Å². The van der Waals surface area contributed by atoms with E-state index in [-0.39, 0.29) is 57.2 Å². The number of rotatable bonds is 9. The van der Waals surface area contributed by atoms with Crippen LogP contribution in [0.4, 0.5) is 22.4 Å². The van der Waals surface area contributed by atoms with Crippen LogP contribution in [0.2, 0.25) is 0 Å². The first-order valence-corrected chi connectivity index (χ1v) is 22.0. The van der Waals surface area contributed by atoms with Crippen molar-refractivity contribution >= 4 is 44.6 Å². The van der Waals surface area contributed by atoms with Crippen molar-refractivity contribution in [1.29, 1.82) is 0 Å². The Hall–Kier alpha value is -4.72. The summed E-state index contributed by atoms with van der Waals surface area (Å²) in [6.07, 6.45) is -2.34. The summed E-state index contributed by atoms with van der Waals surface area (Å²) < 4.78 is 106. The fraction of sp³-hybridized carbons (Fsp3) is 0.634. The lowest BCUT2D eigenvalue weighted by molar-refractivity contribution is -0.278. The van der Waals surface area contributed by atoms with Crippen molar-refractivity contribution in [2.45, 2.75) is 112 Å². The number of aromatic nitrogens is 1. The van der Waals surface area contributed by atoms with Crippen LogP contribution in [0.15, 0.2) is 42.6 Å². The molecule has 7 rings (SSSR count). The van der Waals surface area contributed by atoms with E-state index in [2.05, 4.69) is 15.6 Å². The summed E-state index contributed by atoms with van der Waals surface area (Å²) in [4.78, 5) is 62.5. The van der Waals surface area contributed by atoms with E-state index in [1.54, 1.807) is 37.3 Å². The molecule has 7 atom stereocenters. The summed E-state index contributed by atoms with van der Waals surface area (Å²) >= 11 is 0. The molecule has 4 fully saturated rings. The van der Waals surface area contributed by atoms with E-state index in [4.69, 9.17) is 18.9 Å². The molecule has 334 valence electrons. The Morgan fingerprint density at radius 1 is 1.07 bits per heavy atom. The normalized spacial score (nSPS) is 30.6. The molecule has 20 heteroatoms. The van der Waals surface area contributed by atoms with Crippen LogP contribution in [0, 0.1) is 17.8 Å². The molecule has 4 amide bonds. The number of pyridine rings is 1. The number of fused-ring (bicyclic) bond motifs is 3. The molecule has 3 N–H and O–H groups in total. The highest BCUT2D eigenvalue weighted by molar-refractivity contribution is 7.91. The van der Waals surface area contributed by atoms with Crippen molar-refractivity contribution in [3.8, 4) is 11.6 Å². The van der Waals surface area contributed by atoms with Crippen molar-refractivity contribution in [3.63, 3.8) is 0 Å². The van der Waals surface area contributed by atoms with Gasteiger partial charge >= 0.3 is 12.3 Å². The molecular formula is C41H51F4N5O10S. The van der Waals surface area contributed by atoms with Crippen LogP contribution in [-0.4, -0.2) is 116 Å². The molecule has 0 unspecified atom stereocenters. The number of benzene rings is 1. The van der Waals surface area contributed by atoms with Gasteiger partial charge in [0.2, 0.25) is 33.3 Å². The van der Waals surface area contributed by atoms with E-state index in [0.29, 0.717) is 35.8 Å². The van der Waals surface area contributed by atoms with Crippen LogP contribution in [0.3, 0.4) is 0 Å². The van der Waals surface area contributed by atoms with Crippen LogP contribution < -0.4 is 24.8 Å². The second-order valence-electron chi connectivity index (χ2n) is 17.1. The number of sulfonamides is 1. The first-order valence-electron chi connectivity index (χ1n) is 20.5. The lowest BCUT2D eigenvalue weighted by atomic mass is 9.88. The highest BCUT2D eigenvalue weighted by Crippen LogP contribution is 2.48. The van der Waals surface area contributed by atoms with Gasteiger partial charge < -0.3 is 34.5 Å². The first kappa shape index (κ1) is 44.3. The molecule has 1 aromatic heterocycles. The monoisotopic (exact) mass is 881 g/mol. The van der Waals surface area contributed by atoms with Gasteiger partial charge in [-0.05, 0) is 56.4 Å². The Balaban J connectivity index is 1.23. The number of hydrogen-bond donors (Lipinski definition) is 3. The Bertz CT molecular complexity index is 2160. The molecule has 2 aliphatic carbocycles. The fourth-order valence-electron chi connectivity index (χ4n) is 8.78. The number of alkyl halides is 4. The minimum Gasteiger partial charge on any atom is -0.494 e. The van der Waals surface area contributed by atoms with Gasteiger partial charge in [-0.3, -0.25) is 19.1 Å². The molecule has 15 nitrogen and oxygen atoms in total. The van der Waals surface area contributed by atoms with Crippen molar-refractivity contribution < 1.29 is 64.1 Å². The van der Waals surface area contributed by atoms with Gasteiger partial charge in [-0.25, -0.2) is 22.6 Å². The Kier molecular flexibility index (Phi) is 12.3. The molecule has 4 heterocycles. The number of nitrogens with one attached hydrogen (secondary N) is 3. The maximum absolute atomic E-state index is 14.9. The zero-order chi connectivity index (χ0) is 44.0. The highest BCUT2D eigenvalue weighted by atomic mass is 32.2. The van der Waals surface area contributed by atoms with Gasteiger partial charge in [-0.15, -0.1) is 0 Å². The van der Waals surface area contributed by atoms with E-state index in [1.165, 1.54) is 13.3 Å². The summed E-state index contributed by atoms with van der Waals surface area (Å²) in [5.74, 6) is -3.50. The Morgan fingerprint density at radius 3 is 2.43 bits per heavy atom. The number of allylic oxidation sites excluding steroid dienone is 1. The molecule has 2 aromatic rings. The molecule has 0 radical (unpaired) electrons. The third-order valence-electron chi connectivity index (χ3n) is 12.9. The van der Waals surface area contributed by atoms with Gasteiger partial charge in [0.25, 0.3) is 5.91 Å². The number of nitrogens with zero attached hydrogens (tertiary/aromatic N) is 2. The topological polar surface area (TPSA) is 192 Å². The lowest BCUT2D eigenvalue weighted by Crippen LogP contribution is -2.60. The maximum atomic E-state index is 14.9. The van der Waals surface area contributed by atoms with Crippen molar-refractivity contribution in [3.05, 3.63) is 42.6 Å². The summed E-state index contributed by atoms with van der Waals surface area (Å²) in [6.45, 7) is 1.54. The molecular weight excluding hydrogens is 831 g/mol. The predicted molar refractivity (Wildman–Crippen MR) is 210 cm³/mol. The zero-order valence-corrected chi connectivity index (χ0v) is 34.9. The summed E-state index contributed by atoms with van der Waals surface area (Å²) in [5.41, 5.74) is -4.62. The van der Waals surface area contributed by atoms with Crippen LogP contribution in [-0.2, 0) is 33.9 Å². The molecule has 3 aliphatic heterocycles. The van der Waals surface area contributed by atoms with E-state index >= 15 is 0 Å².